The maximum Gasteiger partial charge on any atom is 0.313 e. The number of amides is 2. The number of carbonyl (C=O) groups is 2. The van der Waals surface area contributed by atoms with Crippen LogP contribution in [-0.2, 0) is 14.3 Å². The maximum atomic E-state index is 12.4. The van der Waals surface area contributed by atoms with E-state index in [1.165, 1.54) is 12.0 Å². The lowest BCUT2D eigenvalue weighted by Gasteiger charge is -2.23. The van der Waals surface area contributed by atoms with Crippen molar-refractivity contribution in [3.8, 4) is 5.75 Å². The molecular formula is C22H26N3O5+. The molecule has 0 radical (unpaired) electrons. The predicted octanol–water partition coefficient (Wildman–Crippen LogP) is 0.955. The highest BCUT2D eigenvalue weighted by Gasteiger charge is 2.19. The zero-order valence-corrected chi connectivity index (χ0v) is 17.0. The van der Waals surface area contributed by atoms with E-state index in [1.54, 1.807) is 12.1 Å². The Kier molecular flexibility index (Phi) is 6.15. The van der Waals surface area contributed by atoms with Crippen LogP contribution in [0.5, 0.6) is 5.75 Å². The van der Waals surface area contributed by atoms with Gasteiger partial charge in [-0.05, 0) is 12.1 Å². The number of para-hydroxylation sites is 1. The van der Waals surface area contributed by atoms with Gasteiger partial charge in [-0.25, -0.2) is 0 Å². The number of ether oxygens (including phenoxy) is 2. The quantitative estimate of drug-likeness (QED) is 0.414. The van der Waals surface area contributed by atoms with Gasteiger partial charge in [-0.1, -0.05) is 18.2 Å². The molecule has 4 rings (SSSR count). The SMILES string of the molecule is COc1cc2c(cc1NC(=O)C(=O)NCCC[NH+]1CCOCC1)oc1ccccc12. The summed E-state index contributed by atoms with van der Waals surface area (Å²) in [5.41, 5.74) is 1.75. The van der Waals surface area contributed by atoms with Gasteiger partial charge in [0.1, 0.15) is 30.0 Å². The number of carbonyl (C=O) groups excluding carboxylic acids is 2. The zero-order valence-electron chi connectivity index (χ0n) is 17.0. The Hall–Kier alpha value is -3.10. The molecule has 0 unspecified atom stereocenters. The Labute approximate surface area is 174 Å². The molecule has 0 aliphatic carbocycles. The number of anilines is 1. The van der Waals surface area contributed by atoms with E-state index in [0.29, 0.717) is 23.6 Å². The lowest BCUT2D eigenvalue weighted by molar-refractivity contribution is -0.908. The van der Waals surface area contributed by atoms with Crippen LogP contribution in [0, 0.1) is 0 Å². The fraction of sp³-hybridized carbons (Fsp3) is 0.364. The first-order valence-corrected chi connectivity index (χ1v) is 10.2. The van der Waals surface area contributed by atoms with Crippen LogP contribution in [0.1, 0.15) is 6.42 Å². The average molecular weight is 412 g/mol. The normalized spacial score (nSPS) is 14.7. The topological polar surface area (TPSA) is 94.2 Å². The van der Waals surface area contributed by atoms with Crippen molar-refractivity contribution in [1.29, 1.82) is 0 Å². The highest BCUT2D eigenvalue weighted by Crippen LogP contribution is 2.36. The number of fused-ring (bicyclic) bond motifs is 3. The molecule has 0 spiro atoms. The fourth-order valence-corrected chi connectivity index (χ4v) is 3.73. The number of furan rings is 1. The van der Waals surface area contributed by atoms with Crippen molar-refractivity contribution < 1.29 is 28.4 Å². The molecule has 1 aromatic heterocycles. The van der Waals surface area contributed by atoms with Gasteiger partial charge in [0.05, 0.1) is 32.6 Å². The summed E-state index contributed by atoms with van der Waals surface area (Å²) in [5, 5.41) is 7.16. The van der Waals surface area contributed by atoms with E-state index in [4.69, 9.17) is 13.9 Å². The minimum atomic E-state index is -0.734. The van der Waals surface area contributed by atoms with Crippen LogP contribution in [0.4, 0.5) is 5.69 Å². The number of benzene rings is 2. The third-order valence-electron chi connectivity index (χ3n) is 5.35. The van der Waals surface area contributed by atoms with Crippen LogP contribution in [0.25, 0.3) is 21.9 Å². The second-order valence-electron chi connectivity index (χ2n) is 7.32. The Morgan fingerprint density at radius 3 is 2.67 bits per heavy atom. The molecule has 1 aliphatic rings. The Bertz CT molecular complexity index is 1060. The molecule has 8 nitrogen and oxygen atoms in total. The third kappa shape index (κ3) is 4.39. The number of nitrogens with one attached hydrogen (secondary N) is 3. The van der Waals surface area contributed by atoms with Crippen LogP contribution in [-0.4, -0.2) is 58.3 Å². The number of morpholine rings is 1. The van der Waals surface area contributed by atoms with Crippen molar-refractivity contribution in [2.75, 3.05) is 51.8 Å². The van der Waals surface area contributed by atoms with Gasteiger partial charge in [0.15, 0.2) is 0 Å². The monoisotopic (exact) mass is 412 g/mol. The first-order chi connectivity index (χ1) is 14.7. The summed E-state index contributed by atoms with van der Waals surface area (Å²) in [6.45, 7) is 4.93. The van der Waals surface area contributed by atoms with Crippen molar-refractivity contribution in [3.63, 3.8) is 0 Å². The molecule has 1 aliphatic heterocycles. The van der Waals surface area contributed by atoms with E-state index < -0.39 is 11.8 Å². The number of rotatable bonds is 6. The standard InChI is InChI=1S/C22H25N3O5/c1-28-20-13-16-15-5-2-3-6-18(15)30-19(16)14-17(20)24-22(27)21(26)23-7-4-8-25-9-11-29-12-10-25/h2-3,5-6,13-14H,4,7-12H2,1H3,(H,23,26)(H,24,27)/p+1. The van der Waals surface area contributed by atoms with Gasteiger partial charge >= 0.3 is 11.8 Å². The summed E-state index contributed by atoms with van der Waals surface area (Å²) in [7, 11) is 1.52. The molecule has 2 amide bonds. The fourth-order valence-electron chi connectivity index (χ4n) is 3.73. The van der Waals surface area contributed by atoms with E-state index in [2.05, 4.69) is 10.6 Å². The number of hydrogen-bond donors (Lipinski definition) is 3. The maximum absolute atomic E-state index is 12.4. The third-order valence-corrected chi connectivity index (χ3v) is 5.35. The molecular weight excluding hydrogens is 386 g/mol. The molecule has 3 aromatic rings. The molecule has 0 saturated carbocycles. The smallest absolute Gasteiger partial charge is 0.313 e. The van der Waals surface area contributed by atoms with Crippen molar-refractivity contribution in [3.05, 3.63) is 36.4 Å². The van der Waals surface area contributed by atoms with Crippen molar-refractivity contribution in [2.24, 2.45) is 0 Å². The van der Waals surface area contributed by atoms with Crippen LogP contribution in [0.2, 0.25) is 0 Å². The van der Waals surface area contributed by atoms with E-state index in [9.17, 15) is 9.59 Å². The van der Waals surface area contributed by atoms with E-state index in [-0.39, 0.29) is 0 Å². The first-order valence-electron chi connectivity index (χ1n) is 10.2. The lowest BCUT2D eigenvalue weighted by atomic mass is 10.1. The molecule has 1 fully saturated rings. The van der Waals surface area contributed by atoms with Crippen molar-refractivity contribution >= 4 is 39.4 Å². The molecule has 2 heterocycles. The Balaban J connectivity index is 1.38. The largest absolute Gasteiger partial charge is 0.495 e. The molecule has 1 saturated heterocycles. The average Bonchev–Trinajstić information content (AvgIpc) is 3.14. The van der Waals surface area contributed by atoms with Crippen molar-refractivity contribution in [1.82, 2.24) is 5.32 Å². The molecule has 0 bridgehead atoms. The first kappa shape index (κ1) is 20.2. The molecule has 8 heteroatoms. The summed E-state index contributed by atoms with van der Waals surface area (Å²) in [4.78, 5) is 26.0. The molecule has 30 heavy (non-hydrogen) atoms. The highest BCUT2D eigenvalue weighted by molar-refractivity contribution is 6.39. The summed E-state index contributed by atoms with van der Waals surface area (Å²) in [6.07, 6.45) is 0.808. The van der Waals surface area contributed by atoms with E-state index >= 15 is 0 Å². The van der Waals surface area contributed by atoms with Gasteiger partial charge in [0.25, 0.3) is 0 Å². The molecule has 2 aromatic carbocycles. The van der Waals surface area contributed by atoms with Gasteiger partial charge in [-0.3, -0.25) is 9.59 Å². The van der Waals surface area contributed by atoms with Gasteiger partial charge in [-0.15, -0.1) is 0 Å². The summed E-state index contributed by atoms with van der Waals surface area (Å²) in [6, 6.07) is 11.2. The number of quaternary nitrogens is 1. The molecule has 3 N–H and O–H groups in total. The van der Waals surface area contributed by atoms with Gasteiger partial charge < -0.3 is 29.4 Å². The Morgan fingerprint density at radius 2 is 1.87 bits per heavy atom. The van der Waals surface area contributed by atoms with Crippen LogP contribution < -0.4 is 20.3 Å². The summed E-state index contributed by atoms with van der Waals surface area (Å²) < 4.78 is 16.6. The van der Waals surface area contributed by atoms with E-state index in [1.807, 2.05) is 24.3 Å². The second kappa shape index (κ2) is 9.15. The second-order valence-corrected chi connectivity index (χ2v) is 7.32. The van der Waals surface area contributed by atoms with Crippen LogP contribution >= 0.6 is 0 Å². The minimum absolute atomic E-state index is 0.391. The van der Waals surface area contributed by atoms with Gasteiger partial charge in [-0.2, -0.15) is 0 Å². The van der Waals surface area contributed by atoms with E-state index in [0.717, 1.165) is 55.6 Å². The zero-order chi connectivity index (χ0) is 20.9. The van der Waals surface area contributed by atoms with Gasteiger partial charge in [0, 0.05) is 29.8 Å². The summed E-state index contributed by atoms with van der Waals surface area (Å²) >= 11 is 0. The van der Waals surface area contributed by atoms with Gasteiger partial charge in [0.2, 0.25) is 0 Å². The Morgan fingerprint density at radius 1 is 1.07 bits per heavy atom. The predicted molar refractivity (Wildman–Crippen MR) is 113 cm³/mol. The van der Waals surface area contributed by atoms with Crippen LogP contribution in [0.15, 0.2) is 40.8 Å². The molecule has 0 atom stereocenters. The lowest BCUT2D eigenvalue weighted by Crippen LogP contribution is -3.14. The van der Waals surface area contributed by atoms with Crippen LogP contribution in [0.3, 0.4) is 0 Å². The number of hydrogen-bond acceptors (Lipinski definition) is 5. The van der Waals surface area contributed by atoms with Crippen molar-refractivity contribution in [2.45, 2.75) is 6.42 Å². The summed E-state index contributed by atoms with van der Waals surface area (Å²) in [5.74, 6) is -0.938. The minimum Gasteiger partial charge on any atom is -0.495 e. The highest BCUT2D eigenvalue weighted by atomic mass is 16.5. The number of methoxy groups -OCH3 is 1. The molecule has 158 valence electrons.